The molecule has 15 heavy (non-hydrogen) atoms. The molecule has 2 fully saturated rings. The number of carbonyl (C=O) groups is 1. The molecule has 1 aliphatic heterocycles. The topological polar surface area (TPSA) is 32.3 Å². The van der Waals surface area contributed by atoms with Gasteiger partial charge in [-0.1, -0.05) is 0 Å². The van der Waals surface area contributed by atoms with E-state index in [1.807, 2.05) is 14.1 Å². The van der Waals surface area contributed by atoms with Crippen LogP contribution in [0.25, 0.3) is 0 Å². The van der Waals surface area contributed by atoms with Crippen LogP contribution in [0.3, 0.4) is 0 Å². The Hall–Kier alpha value is -0.570. The fraction of sp³-hybridized carbons (Fsp3) is 0.917. The molecule has 2 rings (SSSR count). The van der Waals surface area contributed by atoms with Crippen LogP contribution in [0.4, 0.5) is 0 Å². The Kier molecular flexibility index (Phi) is 3.01. The lowest BCUT2D eigenvalue weighted by atomic mass is 9.77. The van der Waals surface area contributed by atoms with Gasteiger partial charge in [-0.05, 0) is 50.6 Å². The van der Waals surface area contributed by atoms with Gasteiger partial charge in [-0.15, -0.1) is 0 Å². The first-order valence-electron chi connectivity index (χ1n) is 6.05. The second-order valence-corrected chi connectivity index (χ2v) is 5.42. The molecule has 0 radical (unpaired) electrons. The van der Waals surface area contributed by atoms with Crippen molar-refractivity contribution < 1.29 is 4.79 Å². The lowest BCUT2D eigenvalue weighted by molar-refractivity contribution is -0.133. The highest BCUT2D eigenvalue weighted by Crippen LogP contribution is 2.48. The first kappa shape index (κ1) is 10.9. The van der Waals surface area contributed by atoms with Crippen molar-refractivity contribution in [1.82, 2.24) is 10.2 Å². The molecule has 1 atom stereocenters. The summed E-state index contributed by atoms with van der Waals surface area (Å²) < 4.78 is 0. The average Bonchev–Trinajstić information content (AvgIpc) is 2.62. The van der Waals surface area contributed by atoms with Crippen LogP contribution in [0.15, 0.2) is 0 Å². The Morgan fingerprint density at radius 2 is 1.93 bits per heavy atom. The lowest BCUT2D eigenvalue weighted by Gasteiger charge is -2.34. The molecule has 2 aliphatic rings. The van der Waals surface area contributed by atoms with Gasteiger partial charge in [-0.2, -0.15) is 0 Å². The fourth-order valence-electron chi connectivity index (χ4n) is 3.19. The van der Waals surface area contributed by atoms with Crippen LogP contribution in [-0.4, -0.2) is 38.0 Å². The normalized spacial score (nSPS) is 29.3. The van der Waals surface area contributed by atoms with E-state index < -0.39 is 0 Å². The predicted octanol–water partition coefficient (Wildman–Crippen LogP) is 1.24. The van der Waals surface area contributed by atoms with Crippen LogP contribution >= 0.6 is 0 Å². The molecular weight excluding hydrogens is 188 g/mol. The van der Waals surface area contributed by atoms with Gasteiger partial charge < -0.3 is 10.2 Å². The van der Waals surface area contributed by atoms with Gasteiger partial charge in [0.05, 0.1) is 0 Å². The maximum absolute atomic E-state index is 11.9. The van der Waals surface area contributed by atoms with Crippen LogP contribution in [0.5, 0.6) is 0 Å². The van der Waals surface area contributed by atoms with Crippen molar-refractivity contribution in [3.8, 4) is 0 Å². The SMILES string of the molecule is CN(C)C(=O)C1CCC2(CCNCC2)C1. The van der Waals surface area contributed by atoms with Crippen molar-refractivity contribution in [2.24, 2.45) is 11.3 Å². The van der Waals surface area contributed by atoms with E-state index in [2.05, 4.69) is 5.32 Å². The molecule has 1 spiro atoms. The number of hydrogen-bond donors (Lipinski definition) is 1. The van der Waals surface area contributed by atoms with Crippen molar-refractivity contribution in [3.63, 3.8) is 0 Å². The quantitative estimate of drug-likeness (QED) is 0.706. The summed E-state index contributed by atoms with van der Waals surface area (Å²) in [6.07, 6.45) is 6.04. The van der Waals surface area contributed by atoms with Gasteiger partial charge in [0.2, 0.25) is 5.91 Å². The van der Waals surface area contributed by atoms with Crippen molar-refractivity contribution >= 4 is 5.91 Å². The Labute approximate surface area is 92.2 Å². The maximum Gasteiger partial charge on any atom is 0.225 e. The Balaban J connectivity index is 1.96. The van der Waals surface area contributed by atoms with Crippen molar-refractivity contribution in [3.05, 3.63) is 0 Å². The van der Waals surface area contributed by atoms with E-state index in [1.54, 1.807) is 4.90 Å². The number of piperidine rings is 1. The number of rotatable bonds is 1. The number of carbonyl (C=O) groups excluding carboxylic acids is 1. The van der Waals surface area contributed by atoms with Crippen LogP contribution in [0, 0.1) is 11.3 Å². The Morgan fingerprint density at radius 3 is 2.53 bits per heavy atom. The summed E-state index contributed by atoms with van der Waals surface area (Å²) in [6.45, 7) is 2.28. The lowest BCUT2D eigenvalue weighted by Crippen LogP contribution is -2.36. The van der Waals surface area contributed by atoms with Crippen molar-refractivity contribution in [2.45, 2.75) is 32.1 Å². The van der Waals surface area contributed by atoms with E-state index in [4.69, 9.17) is 0 Å². The highest BCUT2D eigenvalue weighted by Gasteiger charge is 2.42. The van der Waals surface area contributed by atoms with E-state index in [0.29, 0.717) is 17.2 Å². The van der Waals surface area contributed by atoms with Crippen LogP contribution < -0.4 is 5.32 Å². The maximum atomic E-state index is 11.9. The summed E-state index contributed by atoms with van der Waals surface area (Å²) in [5.74, 6) is 0.642. The summed E-state index contributed by atoms with van der Waals surface area (Å²) in [5, 5.41) is 3.41. The smallest absolute Gasteiger partial charge is 0.225 e. The van der Waals surface area contributed by atoms with E-state index in [1.165, 1.54) is 19.3 Å². The van der Waals surface area contributed by atoms with Gasteiger partial charge in [0.15, 0.2) is 0 Å². The summed E-state index contributed by atoms with van der Waals surface area (Å²) in [6, 6.07) is 0. The zero-order chi connectivity index (χ0) is 10.9. The van der Waals surface area contributed by atoms with E-state index in [9.17, 15) is 4.79 Å². The zero-order valence-electron chi connectivity index (χ0n) is 9.88. The molecule has 1 saturated carbocycles. The van der Waals surface area contributed by atoms with Gasteiger partial charge >= 0.3 is 0 Å². The largest absolute Gasteiger partial charge is 0.349 e. The van der Waals surface area contributed by atoms with Crippen molar-refractivity contribution in [2.75, 3.05) is 27.2 Å². The third kappa shape index (κ3) is 2.17. The van der Waals surface area contributed by atoms with Crippen LogP contribution in [-0.2, 0) is 4.79 Å². The monoisotopic (exact) mass is 210 g/mol. The molecule has 1 heterocycles. The number of nitrogens with one attached hydrogen (secondary N) is 1. The minimum absolute atomic E-state index is 0.304. The first-order valence-corrected chi connectivity index (χ1v) is 6.05. The molecule has 3 heteroatoms. The van der Waals surface area contributed by atoms with E-state index >= 15 is 0 Å². The summed E-state index contributed by atoms with van der Waals surface area (Å²) in [7, 11) is 3.74. The molecule has 1 saturated heterocycles. The number of amides is 1. The van der Waals surface area contributed by atoms with Gasteiger partial charge in [0.1, 0.15) is 0 Å². The molecule has 0 aromatic carbocycles. The average molecular weight is 210 g/mol. The molecule has 1 aliphatic carbocycles. The van der Waals surface area contributed by atoms with E-state index in [-0.39, 0.29) is 0 Å². The van der Waals surface area contributed by atoms with Crippen molar-refractivity contribution in [1.29, 1.82) is 0 Å². The molecule has 0 aromatic heterocycles. The summed E-state index contributed by atoms with van der Waals surface area (Å²) in [4.78, 5) is 13.6. The molecule has 1 amide bonds. The highest BCUT2D eigenvalue weighted by atomic mass is 16.2. The van der Waals surface area contributed by atoms with Crippen LogP contribution in [0.2, 0.25) is 0 Å². The Morgan fingerprint density at radius 1 is 1.27 bits per heavy atom. The Bertz CT molecular complexity index is 244. The third-order valence-corrected chi connectivity index (χ3v) is 4.16. The molecule has 1 unspecified atom stereocenters. The molecule has 0 aromatic rings. The molecule has 0 bridgehead atoms. The highest BCUT2D eigenvalue weighted by molar-refractivity contribution is 5.78. The molecule has 86 valence electrons. The second-order valence-electron chi connectivity index (χ2n) is 5.42. The third-order valence-electron chi connectivity index (χ3n) is 4.16. The van der Waals surface area contributed by atoms with Gasteiger partial charge in [-0.25, -0.2) is 0 Å². The van der Waals surface area contributed by atoms with Crippen LogP contribution in [0.1, 0.15) is 32.1 Å². The summed E-state index contributed by atoms with van der Waals surface area (Å²) in [5.41, 5.74) is 0.502. The minimum atomic E-state index is 0.304. The van der Waals surface area contributed by atoms with Gasteiger partial charge in [-0.3, -0.25) is 4.79 Å². The van der Waals surface area contributed by atoms with Gasteiger partial charge in [0.25, 0.3) is 0 Å². The minimum Gasteiger partial charge on any atom is -0.349 e. The van der Waals surface area contributed by atoms with E-state index in [0.717, 1.165) is 25.9 Å². The van der Waals surface area contributed by atoms with Gasteiger partial charge in [0, 0.05) is 20.0 Å². The zero-order valence-corrected chi connectivity index (χ0v) is 9.88. The summed E-state index contributed by atoms with van der Waals surface area (Å²) >= 11 is 0. The predicted molar refractivity (Wildman–Crippen MR) is 60.6 cm³/mol. The fourth-order valence-corrected chi connectivity index (χ4v) is 3.19. The molecule has 3 nitrogen and oxygen atoms in total. The molecule has 1 N–H and O–H groups in total. The standard InChI is InChI=1S/C12H22N2O/c1-14(2)11(15)10-3-4-12(9-10)5-7-13-8-6-12/h10,13H,3-9H2,1-2H3. The first-order chi connectivity index (χ1) is 7.13. The second kappa shape index (κ2) is 4.12. The number of hydrogen-bond acceptors (Lipinski definition) is 2. The molecular formula is C12H22N2O. The number of nitrogens with zero attached hydrogens (tertiary/aromatic N) is 1.